The van der Waals surface area contributed by atoms with Crippen LogP contribution >= 0.6 is 0 Å². The molecule has 5 heteroatoms. The highest BCUT2D eigenvalue weighted by Crippen LogP contribution is 2.46. The van der Waals surface area contributed by atoms with Crippen LogP contribution in [-0.4, -0.2) is 50.2 Å². The van der Waals surface area contributed by atoms with Crippen molar-refractivity contribution in [2.45, 2.75) is 68.6 Å². The predicted molar refractivity (Wildman–Crippen MR) is 61.0 cm³/mol. The second kappa shape index (κ2) is 4.15. The lowest BCUT2D eigenvalue weighted by atomic mass is 9.94. The van der Waals surface area contributed by atoms with Crippen LogP contribution in [0.3, 0.4) is 0 Å². The molecule has 0 bridgehead atoms. The molecule has 102 valence electrons. The van der Waals surface area contributed by atoms with Crippen LogP contribution in [0.2, 0.25) is 0 Å². The quantitative estimate of drug-likeness (QED) is 0.695. The molecule has 0 unspecified atom stereocenters. The van der Waals surface area contributed by atoms with Gasteiger partial charge in [0.15, 0.2) is 12.1 Å². The highest BCUT2D eigenvalue weighted by molar-refractivity contribution is 5.04. The van der Waals surface area contributed by atoms with Crippen LogP contribution in [0.1, 0.15) is 32.1 Å². The average molecular weight is 256 g/mol. The Balaban J connectivity index is 1.42. The van der Waals surface area contributed by atoms with E-state index in [1.807, 2.05) is 0 Å². The maximum Gasteiger partial charge on any atom is 0.186 e. The fourth-order valence-corrected chi connectivity index (χ4v) is 3.51. The van der Waals surface area contributed by atoms with E-state index < -0.39 is 0 Å². The molecule has 0 aromatic carbocycles. The van der Waals surface area contributed by atoms with E-state index in [1.165, 1.54) is 19.3 Å². The second-order valence-electron chi connectivity index (χ2n) is 5.71. The third kappa shape index (κ3) is 1.72. The first-order valence-electron chi connectivity index (χ1n) is 6.97. The molecule has 0 aromatic rings. The van der Waals surface area contributed by atoms with Gasteiger partial charge in [0.2, 0.25) is 0 Å². The smallest absolute Gasteiger partial charge is 0.186 e. The Hall–Kier alpha value is -0.200. The number of methoxy groups -OCH3 is 1. The highest BCUT2D eigenvalue weighted by Gasteiger charge is 2.62. The van der Waals surface area contributed by atoms with Gasteiger partial charge < -0.3 is 23.7 Å². The molecule has 1 spiro atoms. The number of hydrogen-bond acceptors (Lipinski definition) is 5. The molecule has 0 aromatic heterocycles. The SMILES string of the molecule is CO[C@H]1O[C@H]([C@H]2COC3(CCCCC3)O2)[C@H]2O[C@@H]12. The van der Waals surface area contributed by atoms with Gasteiger partial charge in [0, 0.05) is 20.0 Å². The van der Waals surface area contributed by atoms with Gasteiger partial charge in [0.05, 0.1) is 6.61 Å². The number of ether oxygens (including phenoxy) is 5. The Kier molecular flexibility index (Phi) is 2.68. The molecule has 3 saturated heterocycles. The van der Waals surface area contributed by atoms with E-state index in [1.54, 1.807) is 7.11 Å². The van der Waals surface area contributed by atoms with Crippen LogP contribution < -0.4 is 0 Å². The standard InChI is InChI=1S/C13H20O5/c1-14-12-11-10(16-11)9(17-12)8-7-15-13(18-8)5-3-2-4-6-13/h8-12H,2-7H2,1H3/t8-,9-,10-,11-,12+/m1/s1. The first kappa shape index (κ1) is 11.6. The van der Waals surface area contributed by atoms with Crippen LogP contribution in [0.25, 0.3) is 0 Å². The number of fused-ring (bicyclic) bond motifs is 1. The molecule has 1 aliphatic carbocycles. The van der Waals surface area contributed by atoms with Gasteiger partial charge >= 0.3 is 0 Å². The fraction of sp³-hybridized carbons (Fsp3) is 1.00. The zero-order chi connectivity index (χ0) is 12.2. The van der Waals surface area contributed by atoms with Crippen molar-refractivity contribution in [1.82, 2.24) is 0 Å². The lowest BCUT2D eigenvalue weighted by Gasteiger charge is -2.32. The van der Waals surface area contributed by atoms with Gasteiger partial charge in [-0.3, -0.25) is 0 Å². The minimum Gasteiger partial charge on any atom is -0.361 e. The van der Waals surface area contributed by atoms with Crippen LogP contribution in [0.4, 0.5) is 0 Å². The molecule has 0 amide bonds. The highest BCUT2D eigenvalue weighted by atomic mass is 16.8. The van der Waals surface area contributed by atoms with Crippen molar-refractivity contribution in [3.05, 3.63) is 0 Å². The molecule has 4 rings (SSSR count). The van der Waals surface area contributed by atoms with Crippen LogP contribution in [0.5, 0.6) is 0 Å². The molecule has 18 heavy (non-hydrogen) atoms. The molecule has 1 saturated carbocycles. The van der Waals surface area contributed by atoms with Gasteiger partial charge in [-0.2, -0.15) is 0 Å². The minimum atomic E-state index is -0.332. The van der Waals surface area contributed by atoms with Gasteiger partial charge in [-0.25, -0.2) is 0 Å². The summed E-state index contributed by atoms with van der Waals surface area (Å²) in [5, 5.41) is 0. The zero-order valence-corrected chi connectivity index (χ0v) is 10.7. The summed E-state index contributed by atoms with van der Waals surface area (Å²) in [6, 6.07) is 0. The molecule has 0 radical (unpaired) electrons. The van der Waals surface area contributed by atoms with Crippen molar-refractivity contribution in [1.29, 1.82) is 0 Å². The van der Waals surface area contributed by atoms with Crippen molar-refractivity contribution < 1.29 is 23.7 Å². The maximum atomic E-state index is 6.18. The average Bonchev–Trinajstić information content (AvgIpc) is 2.96. The summed E-state index contributed by atoms with van der Waals surface area (Å²) in [4.78, 5) is 0. The second-order valence-corrected chi connectivity index (χ2v) is 5.71. The van der Waals surface area contributed by atoms with E-state index >= 15 is 0 Å². The van der Waals surface area contributed by atoms with E-state index in [-0.39, 0.29) is 36.5 Å². The normalized spacial score (nSPS) is 49.5. The van der Waals surface area contributed by atoms with Crippen molar-refractivity contribution in [2.24, 2.45) is 0 Å². The Morgan fingerprint density at radius 2 is 1.83 bits per heavy atom. The molecule has 4 aliphatic rings. The molecular weight excluding hydrogens is 236 g/mol. The first-order chi connectivity index (χ1) is 8.81. The third-order valence-electron chi connectivity index (χ3n) is 4.54. The van der Waals surface area contributed by atoms with Gasteiger partial charge in [-0.1, -0.05) is 6.42 Å². The Bertz CT molecular complexity index is 327. The van der Waals surface area contributed by atoms with Crippen LogP contribution in [0, 0.1) is 0 Å². The van der Waals surface area contributed by atoms with Crippen LogP contribution in [0.15, 0.2) is 0 Å². The summed E-state index contributed by atoms with van der Waals surface area (Å²) in [7, 11) is 1.65. The third-order valence-corrected chi connectivity index (χ3v) is 4.54. The van der Waals surface area contributed by atoms with E-state index in [2.05, 4.69) is 0 Å². The summed E-state index contributed by atoms with van der Waals surface area (Å²) in [6.45, 7) is 0.619. The Morgan fingerprint density at radius 3 is 2.56 bits per heavy atom. The molecule has 4 fully saturated rings. The van der Waals surface area contributed by atoms with Crippen molar-refractivity contribution in [3.8, 4) is 0 Å². The Labute approximate surface area is 107 Å². The summed E-state index contributed by atoms with van der Waals surface area (Å²) >= 11 is 0. The zero-order valence-electron chi connectivity index (χ0n) is 10.7. The maximum absolute atomic E-state index is 6.18. The van der Waals surface area contributed by atoms with Crippen molar-refractivity contribution >= 4 is 0 Å². The van der Waals surface area contributed by atoms with Gasteiger partial charge in [-0.05, 0) is 12.8 Å². The number of epoxide rings is 1. The van der Waals surface area contributed by atoms with E-state index in [0.717, 1.165) is 12.8 Å². The fourth-order valence-electron chi connectivity index (χ4n) is 3.51. The van der Waals surface area contributed by atoms with E-state index in [4.69, 9.17) is 23.7 Å². The van der Waals surface area contributed by atoms with Gasteiger partial charge in [0.1, 0.15) is 24.4 Å². The van der Waals surface area contributed by atoms with E-state index in [0.29, 0.717) is 6.61 Å². The molecule has 0 N–H and O–H groups in total. The largest absolute Gasteiger partial charge is 0.361 e. The van der Waals surface area contributed by atoms with Gasteiger partial charge in [0.25, 0.3) is 0 Å². The lowest BCUT2D eigenvalue weighted by Crippen LogP contribution is -2.38. The Morgan fingerprint density at radius 1 is 1.00 bits per heavy atom. The molecule has 5 atom stereocenters. The summed E-state index contributed by atoms with van der Waals surface area (Å²) in [6.07, 6.45) is 5.69. The molecule has 3 heterocycles. The monoisotopic (exact) mass is 256 g/mol. The first-order valence-corrected chi connectivity index (χ1v) is 6.97. The van der Waals surface area contributed by atoms with Crippen LogP contribution in [-0.2, 0) is 23.7 Å². The molecule has 5 nitrogen and oxygen atoms in total. The van der Waals surface area contributed by atoms with Crippen molar-refractivity contribution in [3.63, 3.8) is 0 Å². The predicted octanol–water partition coefficient (Wildman–Crippen LogP) is 1.20. The van der Waals surface area contributed by atoms with E-state index in [9.17, 15) is 0 Å². The lowest BCUT2D eigenvalue weighted by molar-refractivity contribution is -0.218. The topological polar surface area (TPSA) is 49.5 Å². The minimum absolute atomic E-state index is 0.00162. The van der Waals surface area contributed by atoms with Crippen molar-refractivity contribution in [2.75, 3.05) is 13.7 Å². The molecular formula is C13H20O5. The molecule has 3 aliphatic heterocycles. The summed E-state index contributed by atoms with van der Waals surface area (Å²) in [5.41, 5.74) is 0. The summed E-state index contributed by atoms with van der Waals surface area (Å²) in [5.74, 6) is -0.332. The number of rotatable bonds is 2. The van der Waals surface area contributed by atoms with Gasteiger partial charge in [-0.15, -0.1) is 0 Å². The summed E-state index contributed by atoms with van der Waals surface area (Å²) < 4.78 is 28.8. The number of hydrogen-bond donors (Lipinski definition) is 0.